The molecule has 2 aromatic carbocycles. The average molecular weight is 402 g/mol. The van der Waals surface area contributed by atoms with E-state index >= 15 is 0 Å². The van der Waals surface area contributed by atoms with Crippen molar-refractivity contribution in [2.75, 3.05) is 0 Å². The molecule has 0 unspecified atom stereocenters. The predicted molar refractivity (Wildman–Crippen MR) is 113 cm³/mol. The number of nitrogens with zero attached hydrogens (tertiary/aromatic N) is 4. The Morgan fingerprint density at radius 2 is 1.90 bits per heavy atom. The van der Waals surface area contributed by atoms with Gasteiger partial charge < -0.3 is 9.72 Å². The number of rotatable bonds is 4. The quantitative estimate of drug-likeness (QED) is 0.453. The zero-order chi connectivity index (χ0) is 19.8. The summed E-state index contributed by atoms with van der Waals surface area (Å²) in [6.07, 6.45) is 3.02. The van der Waals surface area contributed by atoms with E-state index in [1.54, 1.807) is 6.33 Å². The van der Waals surface area contributed by atoms with E-state index in [0.29, 0.717) is 22.1 Å². The minimum Gasteiger partial charge on any atom is -0.471 e. The number of benzene rings is 2. The molecule has 3 aromatic heterocycles. The fourth-order valence-corrected chi connectivity index (χ4v) is 3.61. The largest absolute Gasteiger partial charge is 0.471 e. The van der Waals surface area contributed by atoms with Gasteiger partial charge in [0.1, 0.15) is 12.9 Å². The normalized spacial score (nSPS) is 11.2. The first kappa shape index (κ1) is 17.6. The Morgan fingerprint density at radius 1 is 1.00 bits per heavy atom. The van der Waals surface area contributed by atoms with Gasteiger partial charge in [-0.15, -0.1) is 0 Å². The van der Waals surface area contributed by atoms with Gasteiger partial charge in [-0.25, -0.2) is 15.0 Å². The lowest BCUT2D eigenvalue weighted by atomic mass is 10.0. The maximum absolute atomic E-state index is 6.49. The van der Waals surface area contributed by atoms with E-state index in [0.717, 1.165) is 33.3 Å². The molecular weight excluding hydrogens is 386 g/mol. The topological polar surface area (TPSA) is 76.6 Å². The van der Waals surface area contributed by atoms with Gasteiger partial charge in [-0.2, -0.15) is 4.98 Å². The second kappa shape index (κ2) is 7.14. The van der Waals surface area contributed by atoms with Crippen molar-refractivity contribution >= 4 is 33.7 Å². The van der Waals surface area contributed by atoms with E-state index in [1.807, 2.05) is 36.4 Å². The van der Waals surface area contributed by atoms with Crippen LogP contribution in [0.15, 0.2) is 61.2 Å². The van der Waals surface area contributed by atoms with E-state index < -0.39 is 0 Å². The summed E-state index contributed by atoms with van der Waals surface area (Å²) in [4.78, 5) is 20.5. The summed E-state index contributed by atoms with van der Waals surface area (Å²) in [5.74, 6) is 0.422. The molecule has 142 valence electrons. The summed E-state index contributed by atoms with van der Waals surface area (Å²) < 4.78 is 6.03. The van der Waals surface area contributed by atoms with Crippen LogP contribution < -0.4 is 4.74 Å². The molecule has 0 aliphatic carbocycles. The van der Waals surface area contributed by atoms with E-state index in [2.05, 4.69) is 39.0 Å². The first-order valence-corrected chi connectivity index (χ1v) is 9.49. The van der Waals surface area contributed by atoms with Crippen molar-refractivity contribution in [3.63, 3.8) is 0 Å². The summed E-state index contributed by atoms with van der Waals surface area (Å²) in [6.45, 7) is 2.33. The number of pyridine rings is 1. The van der Waals surface area contributed by atoms with Crippen molar-refractivity contribution in [1.29, 1.82) is 0 Å². The number of halogens is 1. The van der Waals surface area contributed by atoms with Crippen molar-refractivity contribution in [3.8, 4) is 17.1 Å². The highest BCUT2D eigenvalue weighted by Crippen LogP contribution is 2.32. The second-order valence-corrected chi connectivity index (χ2v) is 7.10. The SMILES string of the molecule is Cc1cccc2cc(COc3ncnc4[nH]cnc34)c(-c3ccccc3Cl)nc12. The van der Waals surface area contributed by atoms with Crippen LogP contribution in [-0.4, -0.2) is 24.9 Å². The molecule has 0 bridgehead atoms. The van der Waals surface area contributed by atoms with Gasteiger partial charge in [0.2, 0.25) is 5.88 Å². The lowest BCUT2D eigenvalue weighted by Crippen LogP contribution is -2.03. The molecule has 0 saturated heterocycles. The van der Waals surface area contributed by atoms with Gasteiger partial charge in [0.05, 0.1) is 17.5 Å². The number of fused-ring (bicyclic) bond motifs is 2. The minimum atomic E-state index is 0.274. The molecule has 1 N–H and O–H groups in total. The van der Waals surface area contributed by atoms with Crippen LogP contribution >= 0.6 is 11.6 Å². The number of hydrogen-bond donors (Lipinski definition) is 1. The van der Waals surface area contributed by atoms with Crippen molar-refractivity contribution in [2.45, 2.75) is 13.5 Å². The Bertz CT molecular complexity index is 1350. The Labute approximate surface area is 171 Å². The van der Waals surface area contributed by atoms with E-state index in [4.69, 9.17) is 21.3 Å². The summed E-state index contributed by atoms with van der Waals surface area (Å²) in [7, 11) is 0. The van der Waals surface area contributed by atoms with Gasteiger partial charge in [0.15, 0.2) is 11.2 Å². The molecule has 5 rings (SSSR count). The molecular formula is C22H16ClN5O. The first-order chi connectivity index (χ1) is 14.2. The van der Waals surface area contributed by atoms with Gasteiger partial charge in [-0.05, 0) is 24.6 Å². The fourth-order valence-electron chi connectivity index (χ4n) is 3.38. The van der Waals surface area contributed by atoms with Gasteiger partial charge in [0.25, 0.3) is 0 Å². The third-order valence-electron chi connectivity index (χ3n) is 4.80. The molecule has 7 heteroatoms. The standard InChI is InChI=1S/C22H16ClN5O/c1-13-5-4-6-14-9-15(10-29-22-20-21(25-11-24-20)26-12-27-22)19(28-18(13)14)16-7-2-3-8-17(16)23/h2-9,11-12H,10H2,1H3,(H,24,25,26,27). The first-order valence-electron chi connectivity index (χ1n) is 9.12. The number of aromatic nitrogens is 5. The van der Waals surface area contributed by atoms with Crippen LogP contribution in [0.1, 0.15) is 11.1 Å². The molecule has 0 atom stereocenters. The zero-order valence-corrected chi connectivity index (χ0v) is 16.3. The molecule has 0 saturated carbocycles. The molecule has 0 aliphatic rings. The predicted octanol–water partition coefficient (Wildman–Crippen LogP) is 5.11. The van der Waals surface area contributed by atoms with Gasteiger partial charge in [-0.3, -0.25) is 0 Å². The molecule has 0 amide bonds. The monoisotopic (exact) mass is 401 g/mol. The van der Waals surface area contributed by atoms with Crippen LogP contribution in [0.25, 0.3) is 33.3 Å². The summed E-state index contributed by atoms with van der Waals surface area (Å²) in [6, 6.07) is 15.9. The zero-order valence-electron chi connectivity index (χ0n) is 15.6. The number of aromatic amines is 1. The molecule has 29 heavy (non-hydrogen) atoms. The number of ether oxygens (including phenoxy) is 1. The Balaban J connectivity index is 1.63. The van der Waals surface area contributed by atoms with E-state index in [-0.39, 0.29) is 6.61 Å². The van der Waals surface area contributed by atoms with Crippen LogP contribution in [0.5, 0.6) is 5.88 Å². The van der Waals surface area contributed by atoms with Crippen molar-refractivity contribution in [2.24, 2.45) is 0 Å². The number of nitrogens with one attached hydrogen (secondary N) is 1. The summed E-state index contributed by atoms with van der Waals surface area (Å²) in [5.41, 5.74) is 5.86. The number of para-hydroxylation sites is 1. The van der Waals surface area contributed by atoms with Crippen molar-refractivity contribution in [3.05, 3.63) is 77.3 Å². The smallest absolute Gasteiger partial charge is 0.245 e. The molecule has 0 radical (unpaired) electrons. The van der Waals surface area contributed by atoms with Crippen molar-refractivity contribution in [1.82, 2.24) is 24.9 Å². The average Bonchev–Trinajstić information content (AvgIpc) is 3.22. The molecule has 0 fully saturated rings. The highest BCUT2D eigenvalue weighted by atomic mass is 35.5. The third kappa shape index (κ3) is 3.17. The van der Waals surface area contributed by atoms with Crippen LogP contribution in [0.3, 0.4) is 0 Å². The van der Waals surface area contributed by atoms with Crippen LogP contribution in [-0.2, 0) is 6.61 Å². The number of hydrogen-bond acceptors (Lipinski definition) is 5. The number of H-pyrrole nitrogens is 1. The Morgan fingerprint density at radius 3 is 2.79 bits per heavy atom. The second-order valence-electron chi connectivity index (χ2n) is 6.69. The van der Waals surface area contributed by atoms with E-state index in [9.17, 15) is 0 Å². The maximum atomic E-state index is 6.49. The number of aryl methyl sites for hydroxylation is 1. The lowest BCUT2D eigenvalue weighted by molar-refractivity contribution is 0.297. The molecule has 5 aromatic rings. The van der Waals surface area contributed by atoms with Crippen LogP contribution in [0.2, 0.25) is 5.02 Å². The van der Waals surface area contributed by atoms with Gasteiger partial charge in [0, 0.05) is 21.5 Å². The van der Waals surface area contributed by atoms with Gasteiger partial charge >= 0.3 is 0 Å². The minimum absolute atomic E-state index is 0.274. The van der Waals surface area contributed by atoms with E-state index in [1.165, 1.54) is 6.33 Å². The number of imidazole rings is 1. The summed E-state index contributed by atoms with van der Waals surface area (Å²) in [5, 5.41) is 1.69. The Kier molecular flexibility index (Phi) is 4.33. The Hall–Kier alpha value is -3.51. The fraction of sp³-hybridized carbons (Fsp3) is 0.0909. The maximum Gasteiger partial charge on any atom is 0.245 e. The molecule has 6 nitrogen and oxygen atoms in total. The van der Waals surface area contributed by atoms with Crippen LogP contribution in [0.4, 0.5) is 0 Å². The van der Waals surface area contributed by atoms with Gasteiger partial charge in [-0.1, -0.05) is 48.0 Å². The lowest BCUT2D eigenvalue weighted by Gasteiger charge is -2.14. The summed E-state index contributed by atoms with van der Waals surface area (Å²) >= 11 is 6.49. The third-order valence-corrected chi connectivity index (χ3v) is 5.13. The van der Waals surface area contributed by atoms with Crippen LogP contribution in [0, 0.1) is 6.92 Å². The molecule has 3 heterocycles. The molecule has 0 aliphatic heterocycles. The highest BCUT2D eigenvalue weighted by molar-refractivity contribution is 6.33. The highest BCUT2D eigenvalue weighted by Gasteiger charge is 2.15. The van der Waals surface area contributed by atoms with Crippen molar-refractivity contribution < 1.29 is 4.74 Å². The molecule has 0 spiro atoms.